The summed E-state index contributed by atoms with van der Waals surface area (Å²) in [6.07, 6.45) is 7.33. The average Bonchev–Trinajstić information content (AvgIpc) is 1.59. The minimum atomic E-state index is -0.456. The van der Waals surface area contributed by atoms with Crippen LogP contribution < -0.4 is 68.5 Å². The number of fused-ring (bicyclic) bond motifs is 4. The summed E-state index contributed by atoms with van der Waals surface area (Å²) >= 11 is 13.5. The molecule has 8 aliphatic heterocycles. The van der Waals surface area contributed by atoms with E-state index in [9.17, 15) is 24.3 Å². The minimum Gasteiger partial charge on any atom is -0.507 e. The van der Waals surface area contributed by atoms with Crippen molar-refractivity contribution in [3.63, 3.8) is 0 Å². The second-order valence-electron chi connectivity index (χ2n) is 30.5. The largest absolute Gasteiger partial charge is 0.507 e. The van der Waals surface area contributed by atoms with Crippen molar-refractivity contribution in [2.45, 2.75) is 129 Å². The van der Waals surface area contributed by atoms with Crippen molar-refractivity contribution in [2.75, 3.05) is 75.3 Å². The van der Waals surface area contributed by atoms with Crippen LogP contribution in [0.1, 0.15) is 152 Å². The van der Waals surface area contributed by atoms with Crippen LogP contribution in [0.3, 0.4) is 0 Å². The number of hydrogen-bond acceptors (Lipinski definition) is 15. The van der Waals surface area contributed by atoms with Gasteiger partial charge >= 0.3 is 0 Å². The Labute approximate surface area is 630 Å². The number of aromatic nitrogens is 1. The molecule has 21 heteroatoms. The first-order valence-corrected chi connectivity index (χ1v) is 37.2. The molecule has 0 spiro atoms. The number of amides is 4. The number of anilines is 8. The molecule has 16 rings (SSSR count). The van der Waals surface area contributed by atoms with Crippen molar-refractivity contribution in [3.8, 4) is 11.5 Å². The minimum absolute atomic E-state index is 0.000614. The zero-order valence-corrected chi connectivity index (χ0v) is 62.8. The predicted octanol–water partition coefficient (Wildman–Crippen LogP) is 17.0. The fraction of sp³-hybridized carbons (Fsp3) is 0.306. The second kappa shape index (κ2) is 31.0. The van der Waals surface area contributed by atoms with Gasteiger partial charge in [-0.05, 0) is 136 Å². The molecule has 9 heterocycles. The van der Waals surface area contributed by atoms with Gasteiger partial charge in [0.25, 0.3) is 23.6 Å². The molecule has 0 saturated carbocycles. The number of nitrogens with zero attached hydrogens (tertiary/aromatic N) is 1. The lowest BCUT2D eigenvalue weighted by Gasteiger charge is -2.33. The summed E-state index contributed by atoms with van der Waals surface area (Å²) in [5, 5.41) is 51.1. The van der Waals surface area contributed by atoms with E-state index in [1.165, 1.54) is 24.0 Å². The van der Waals surface area contributed by atoms with Gasteiger partial charge in [-0.3, -0.25) is 24.2 Å². The van der Waals surface area contributed by atoms with Gasteiger partial charge in [-0.15, -0.1) is 0 Å². The molecule has 4 atom stereocenters. The maximum absolute atomic E-state index is 12.7. The van der Waals surface area contributed by atoms with Crippen LogP contribution in [-0.4, -0.2) is 66.5 Å². The van der Waals surface area contributed by atoms with Crippen molar-refractivity contribution in [3.05, 3.63) is 265 Å². The first kappa shape index (κ1) is 73.4. The fourth-order valence-electron chi connectivity index (χ4n) is 15.0. The molecule has 8 aromatic rings. The number of unbranched alkanes of at least 4 members (excludes halogenated alkanes) is 3. The maximum Gasteiger partial charge on any atom is 0.251 e. The highest BCUT2D eigenvalue weighted by Gasteiger charge is 2.40. The Kier molecular flexibility index (Phi) is 21.5. The van der Waals surface area contributed by atoms with E-state index in [0.29, 0.717) is 76.4 Å². The van der Waals surface area contributed by atoms with Crippen LogP contribution in [0.2, 0.25) is 10.0 Å². The van der Waals surface area contributed by atoms with Gasteiger partial charge in [0.2, 0.25) is 0 Å². The van der Waals surface area contributed by atoms with Crippen LogP contribution in [0.25, 0.3) is 0 Å². The Morgan fingerprint density at radius 3 is 1.20 bits per heavy atom. The van der Waals surface area contributed by atoms with E-state index in [1.807, 2.05) is 140 Å². The Morgan fingerprint density at radius 2 is 0.811 bits per heavy atom. The number of aromatic hydroxyl groups is 1. The molecule has 13 N–H and O–H groups in total. The molecule has 0 fully saturated rings. The average molecular weight is 1460 g/mol. The molecule has 106 heavy (non-hydrogen) atoms. The number of hydrogen-bond donors (Lipinski definition) is 13. The van der Waals surface area contributed by atoms with Gasteiger partial charge in [0.1, 0.15) is 17.5 Å². The van der Waals surface area contributed by atoms with E-state index in [1.54, 1.807) is 12.3 Å². The van der Waals surface area contributed by atoms with Gasteiger partial charge in [-0.1, -0.05) is 184 Å². The van der Waals surface area contributed by atoms with Crippen molar-refractivity contribution in [1.29, 1.82) is 0 Å². The van der Waals surface area contributed by atoms with Crippen LogP contribution in [-0.2, 0) is 30.0 Å². The van der Waals surface area contributed by atoms with Crippen molar-refractivity contribution >= 4 is 92.3 Å². The summed E-state index contributed by atoms with van der Waals surface area (Å²) in [5.74, 6) is 0.450. The molecule has 0 aliphatic carbocycles. The third-order valence-electron chi connectivity index (χ3n) is 20.0. The third-order valence-corrected chi connectivity index (χ3v) is 20.6. The molecule has 19 nitrogen and oxygen atoms in total. The number of nitrogens with one attached hydrogen (secondary N) is 12. The highest BCUT2D eigenvalue weighted by atomic mass is 35.5. The molecular formula is C85H93Cl2N13O6. The molecule has 7 aromatic carbocycles. The van der Waals surface area contributed by atoms with Crippen LogP contribution in [0.15, 0.2) is 221 Å². The Bertz CT molecular complexity index is 4840. The topological polar surface area (TPSA) is 255 Å². The smallest absolute Gasteiger partial charge is 0.251 e. The number of ether oxygens (including phenoxy) is 1. The first-order chi connectivity index (χ1) is 50.9. The Hall–Kier alpha value is -10.9. The molecule has 0 saturated heterocycles. The van der Waals surface area contributed by atoms with E-state index < -0.39 is 6.04 Å². The van der Waals surface area contributed by atoms with Gasteiger partial charge in [-0.2, -0.15) is 0 Å². The highest BCUT2D eigenvalue weighted by molar-refractivity contribution is 6.32. The van der Waals surface area contributed by atoms with Crippen molar-refractivity contribution < 1.29 is 29.0 Å². The Balaban J connectivity index is 0.000000126. The quantitative estimate of drug-likeness (QED) is 0.0508. The zero-order valence-electron chi connectivity index (χ0n) is 61.3. The van der Waals surface area contributed by atoms with Gasteiger partial charge < -0.3 is 73.6 Å². The van der Waals surface area contributed by atoms with Crippen molar-refractivity contribution in [2.24, 2.45) is 5.41 Å². The SMILES string of the molecule is CC(C)(C)CC(C)(C)c1ccc(C2Nc3ccccc3NC3=C2C(=O)NC3)c(Cl)c1.CC(C)(C)c1ccc(C2Nc3ccccc3NC3=C2C(=O)NC3)c(Cl)c1.CCCCCCOc1ccc(C2Nc3ccccc3NC3=C2C(=O)NC3)c(O)c1.O=C1NCC2=C1C(c1ccccn1)Nc1ccccc1N2. The van der Waals surface area contributed by atoms with E-state index in [-0.39, 0.29) is 63.7 Å². The van der Waals surface area contributed by atoms with E-state index >= 15 is 0 Å². The third kappa shape index (κ3) is 16.2. The number of rotatable bonds is 12. The number of carbonyl (C=O) groups excluding carboxylic acids is 4. The molecule has 548 valence electrons. The monoisotopic (exact) mass is 1460 g/mol. The van der Waals surface area contributed by atoms with Gasteiger partial charge in [0.05, 0.1) is 124 Å². The van der Waals surface area contributed by atoms with Crippen LogP contribution in [0.5, 0.6) is 11.5 Å². The zero-order chi connectivity index (χ0) is 74.6. The number of pyridine rings is 1. The first-order valence-electron chi connectivity index (χ1n) is 36.4. The van der Waals surface area contributed by atoms with E-state index in [0.717, 1.165) is 104 Å². The standard InChI is InChI=1S/C25H30ClN3O.C23H27N3O3.C21H22ClN3O.C16H14N4O/c1-24(2,3)14-25(4,5)15-10-11-16(17(26)12-15)22-21-20(13-27-23(21)30)28-18-8-6-7-9-19(18)29-22;1-2-3-4-7-12-29-15-10-11-16(20(27)13-15)22-21-19(14-24-23(21)28)25-17-8-5-6-9-18(17)26-22;1-21(2,3)12-8-9-13(14(22)10-12)19-18-17(11-23-20(18)26)24-15-6-4-5-7-16(15)25-19;21-16-14-13(9-18-16)19-10-5-1-2-6-11(10)20-15(14)12-7-3-4-8-17-12/h6-12,22,28-29H,13-14H2,1-5H3,(H,27,30);5-6,8-11,13,22,25-27H,2-4,7,12,14H2,1H3,(H,24,28);4-10,19,24-25H,11H2,1-3H3,(H,23,26);1-8,15,19-20H,9H2,(H,18,21). The Morgan fingerprint density at radius 1 is 0.434 bits per heavy atom. The molecule has 1 aromatic heterocycles. The lowest BCUT2D eigenvalue weighted by atomic mass is 9.72. The number of para-hydroxylation sites is 8. The van der Waals surface area contributed by atoms with Crippen molar-refractivity contribution in [1.82, 2.24) is 26.3 Å². The van der Waals surface area contributed by atoms with Gasteiger partial charge in [0.15, 0.2) is 0 Å². The van der Waals surface area contributed by atoms with E-state index in [4.69, 9.17) is 27.9 Å². The number of carbonyl (C=O) groups is 4. The molecule has 0 radical (unpaired) electrons. The number of benzene rings is 7. The van der Waals surface area contributed by atoms with Gasteiger partial charge in [-0.25, -0.2) is 0 Å². The molecule has 0 bridgehead atoms. The number of halogens is 2. The molecular weight excluding hydrogens is 1370 g/mol. The highest BCUT2D eigenvalue weighted by Crippen LogP contribution is 2.47. The van der Waals surface area contributed by atoms with Gasteiger partial charge in [0, 0.05) is 50.7 Å². The maximum atomic E-state index is 12.7. The van der Waals surface area contributed by atoms with Crippen LogP contribution in [0, 0.1) is 5.41 Å². The molecule has 8 aliphatic rings. The van der Waals surface area contributed by atoms with Crippen LogP contribution >= 0.6 is 23.2 Å². The van der Waals surface area contributed by atoms with E-state index in [2.05, 4.69) is 155 Å². The number of phenolic OH excluding ortho intramolecular Hbond substituents is 1. The normalized spacial score (nSPS) is 18.7. The lowest BCUT2D eigenvalue weighted by Crippen LogP contribution is -2.26. The predicted molar refractivity (Wildman–Crippen MR) is 427 cm³/mol. The summed E-state index contributed by atoms with van der Waals surface area (Å²) in [6.45, 7) is 22.6. The summed E-state index contributed by atoms with van der Waals surface area (Å²) in [6, 6.07) is 53.9. The molecule has 4 unspecified atom stereocenters. The lowest BCUT2D eigenvalue weighted by molar-refractivity contribution is -0.117. The fourth-order valence-corrected chi connectivity index (χ4v) is 15.5. The van der Waals surface area contributed by atoms with Crippen LogP contribution in [0.4, 0.5) is 45.5 Å². The summed E-state index contributed by atoms with van der Waals surface area (Å²) in [5.41, 5.74) is 19.7. The molecule has 4 amide bonds. The summed E-state index contributed by atoms with van der Waals surface area (Å²) in [7, 11) is 0. The summed E-state index contributed by atoms with van der Waals surface area (Å²) in [4.78, 5) is 54.4. The summed E-state index contributed by atoms with van der Waals surface area (Å²) < 4.78 is 5.78. The second-order valence-corrected chi connectivity index (χ2v) is 31.3. The number of phenols is 1.